The van der Waals surface area contributed by atoms with Crippen molar-refractivity contribution in [1.82, 2.24) is 10.2 Å². The van der Waals surface area contributed by atoms with Crippen LogP contribution in [0.1, 0.15) is 50.9 Å². The summed E-state index contributed by atoms with van der Waals surface area (Å²) in [5.41, 5.74) is 0.00910. The number of hydrogen-bond donors (Lipinski definition) is 1. The Kier molecular flexibility index (Phi) is 4.38. The highest BCUT2D eigenvalue weighted by atomic mass is 19.1. The van der Waals surface area contributed by atoms with Crippen molar-refractivity contribution >= 4 is 5.91 Å². The maximum absolute atomic E-state index is 13.7. The third-order valence-corrected chi connectivity index (χ3v) is 4.35. The van der Waals surface area contributed by atoms with Crippen LogP contribution in [0.5, 0.6) is 0 Å². The number of amides is 1. The minimum Gasteiger partial charge on any atom is -0.347 e. The van der Waals surface area contributed by atoms with Crippen LogP contribution in [0.3, 0.4) is 0 Å². The summed E-state index contributed by atoms with van der Waals surface area (Å²) >= 11 is 0. The van der Waals surface area contributed by atoms with Gasteiger partial charge in [-0.15, -0.1) is 0 Å². The first kappa shape index (κ1) is 16.0. The molecule has 1 aromatic carbocycles. The van der Waals surface area contributed by atoms with Gasteiger partial charge in [-0.2, -0.15) is 0 Å². The van der Waals surface area contributed by atoms with E-state index in [0.717, 1.165) is 25.9 Å². The fourth-order valence-electron chi connectivity index (χ4n) is 2.78. The van der Waals surface area contributed by atoms with E-state index in [2.05, 4.69) is 31.0 Å². The van der Waals surface area contributed by atoms with Crippen molar-refractivity contribution in [3.63, 3.8) is 0 Å². The normalized spacial score (nSPS) is 19.3. The first-order valence-electron chi connectivity index (χ1n) is 7.53. The molecule has 0 bridgehead atoms. The van der Waals surface area contributed by atoms with E-state index >= 15 is 0 Å². The Hall–Kier alpha value is -1.42. The molecule has 0 saturated carbocycles. The third-order valence-electron chi connectivity index (χ3n) is 4.35. The van der Waals surface area contributed by atoms with Crippen molar-refractivity contribution in [3.8, 4) is 0 Å². The van der Waals surface area contributed by atoms with Gasteiger partial charge in [-0.3, -0.25) is 9.69 Å². The summed E-state index contributed by atoms with van der Waals surface area (Å²) in [4.78, 5) is 14.7. The Morgan fingerprint density at radius 2 is 1.81 bits per heavy atom. The summed E-state index contributed by atoms with van der Waals surface area (Å²) in [6, 6.07) is 6.12. The summed E-state index contributed by atoms with van der Waals surface area (Å²) < 4.78 is 13.7. The van der Waals surface area contributed by atoms with Crippen molar-refractivity contribution in [1.29, 1.82) is 0 Å². The Bertz CT molecular complexity index is 514. The highest BCUT2D eigenvalue weighted by Crippen LogP contribution is 2.27. The molecule has 0 spiro atoms. The van der Waals surface area contributed by atoms with Crippen molar-refractivity contribution in [3.05, 3.63) is 35.6 Å². The lowest BCUT2D eigenvalue weighted by atomic mass is 9.87. The van der Waals surface area contributed by atoms with E-state index in [0.29, 0.717) is 0 Å². The van der Waals surface area contributed by atoms with Crippen molar-refractivity contribution in [2.75, 3.05) is 13.1 Å². The summed E-state index contributed by atoms with van der Waals surface area (Å²) in [5.74, 6) is -0.787. The van der Waals surface area contributed by atoms with Crippen LogP contribution in [-0.2, 0) is 0 Å². The van der Waals surface area contributed by atoms with Crippen LogP contribution in [0.25, 0.3) is 0 Å². The molecule has 1 amide bonds. The lowest BCUT2D eigenvalue weighted by molar-refractivity contribution is 0.0613. The van der Waals surface area contributed by atoms with E-state index in [1.807, 2.05) is 6.92 Å². The Morgan fingerprint density at radius 1 is 1.24 bits per heavy atom. The molecule has 1 N–H and O–H groups in total. The number of hydrogen-bond acceptors (Lipinski definition) is 2. The average molecular weight is 292 g/mol. The highest BCUT2D eigenvalue weighted by molar-refractivity contribution is 5.94. The minimum atomic E-state index is -0.467. The van der Waals surface area contributed by atoms with E-state index in [-0.39, 0.29) is 22.5 Å². The van der Waals surface area contributed by atoms with Crippen LogP contribution in [0.15, 0.2) is 24.3 Å². The second-order valence-electron chi connectivity index (χ2n) is 7.15. The fourth-order valence-corrected chi connectivity index (χ4v) is 2.78. The predicted octanol–water partition coefficient (Wildman–Crippen LogP) is 3.21. The van der Waals surface area contributed by atoms with E-state index in [1.165, 1.54) is 12.1 Å². The van der Waals surface area contributed by atoms with Gasteiger partial charge in [0.25, 0.3) is 5.91 Å². The molecule has 0 aliphatic carbocycles. The average Bonchev–Trinajstić information content (AvgIpc) is 2.38. The summed E-state index contributed by atoms with van der Waals surface area (Å²) in [5, 5.41) is 3.02. The molecule has 2 rings (SSSR count). The molecule has 116 valence electrons. The maximum atomic E-state index is 13.7. The van der Waals surface area contributed by atoms with Crippen molar-refractivity contribution in [2.24, 2.45) is 0 Å². The Labute approximate surface area is 126 Å². The summed E-state index contributed by atoms with van der Waals surface area (Å²) in [7, 11) is 0. The van der Waals surface area contributed by atoms with Crippen molar-refractivity contribution < 1.29 is 9.18 Å². The summed E-state index contributed by atoms with van der Waals surface area (Å²) in [6.45, 7) is 10.5. The molecule has 3 nitrogen and oxygen atoms in total. The number of rotatable bonds is 2. The van der Waals surface area contributed by atoms with Gasteiger partial charge < -0.3 is 5.32 Å². The summed E-state index contributed by atoms with van der Waals surface area (Å²) in [6.07, 6.45) is 1.76. The Balaban J connectivity index is 2.01. The SMILES string of the molecule is CC1(NC(=O)c2ccccc2F)CCN(C(C)(C)C)CC1. The number of nitrogens with zero attached hydrogens (tertiary/aromatic N) is 1. The molecular formula is C17H25FN2O. The van der Waals surface area contributed by atoms with E-state index in [4.69, 9.17) is 0 Å². The molecule has 1 aromatic rings. The Morgan fingerprint density at radius 3 is 2.33 bits per heavy atom. The molecular weight excluding hydrogens is 267 g/mol. The number of carbonyl (C=O) groups excluding carboxylic acids is 1. The lowest BCUT2D eigenvalue weighted by Gasteiger charge is -2.45. The zero-order chi connectivity index (χ0) is 15.7. The molecule has 1 saturated heterocycles. The van der Waals surface area contributed by atoms with Crippen LogP contribution < -0.4 is 5.32 Å². The monoisotopic (exact) mass is 292 g/mol. The zero-order valence-electron chi connectivity index (χ0n) is 13.4. The van der Waals surface area contributed by atoms with Crippen LogP contribution in [0.2, 0.25) is 0 Å². The number of benzene rings is 1. The zero-order valence-corrected chi connectivity index (χ0v) is 13.4. The molecule has 1 aliphatic rings. The van der Waals surface area contributed by atoms with Crippen molar-refractivity contribution in [2.45, 2.75) is 51.6 Å². The van der Waals surface area contributed by atoms with Crippen LogP contribution in [0, 0.1) is 5.82 Å². The van der Waals surface area contributed by atoms with Gasteiger partial charge in [0.05, 0.1) is 5.56 Å². The van der Waals surface area contributed by atoms with Crippen LogP contribution >= 0.6 is 0 Å². The first-order chi connectivity index (χ1) is 9.71. The maximum Gasteiger partial charge on any atom is 0.254 e. The van der Waals surface area contributed by atoms with E-state index in [1.54, 1.807) is 12.1 Å². The van der Waals surface area contributed by atoms with E-state index < -0.39 is 5.82 Å². The van der Waals surface area contributed by atoms with Gasteiger partial charge in [-0.1, -0.05) is 12.1 Å². The molecule has 0 radical (unpaired) electrons. The second kappa shape index (κ2) is 5.76. The minimum absolute atomic E-state index is 0.122. The smallest absolute Gasteiger partial charge is 0.254 e. The molecule has 1 heterocycles. The second-order valence-corrected chi connectivity index (χ2v) is 7.15. The number of piperidine rings is 1. The standard InChI is InChI=1S/C17H25FN2O/c1-16(2,3)20-11-9-17(4,10-12-20)19-15(21)13-7-5-6-8-14(13)18/h5-8H,9-12H2,1-4H3,(H,19,21). The predicted molar refractivity (Wildman–Crippen MR) is 82.8 cm³/mol. The lowest BCUT2D eigenvalue weighted by Crippen LogP contribution is -2.56. The topological polar surface area (TPSA) is 32.3 Å². The molecule has 1 aliphatic heterocycles. The highest BCUT2D eigenvalue weighted by Gasteiger charge is 2.35. The van der Waals surface area contributed by atoms with Gasteiger partial charge in [0, 0.05) is 24.2 Å². The largest absolute Gasteiger partial charge is 0.347 e. The number of nitrogens with one attached hydrogen (secondary N) is 1. The molecule has 1 fully saturated rings. The van der Waals surface area contributed by atoms with Gasteiger partial charge in [0.15, 0.2) is 0 Å². The molecule has 0 atom stereocenters. The molecule has 21 heavy (non-hydrogen) atoms. The fraction of sp³-hybridized carbons (Fsp3) is 0.588. The van der Waals surface area contributed by atoms with Gasteiger partial charge in [-0.25, -0.2) is 4.39 Å². The van der Waals surface area contributed by atoms with Crippen LogP contribution in [0.4, 0.5) is 4.39 Å². The number of likely N-dealkylation sites (tertiary alicyclic amines) is 1. The number of halogens is 1. The molecule has 4 heteroatoms. The molecule has 0 unspecified atom stereocenters. The van der Waals surface area contributed by atoms with Gasteiger partial charge in [0.2, 0.25) is 0 Å². The number of carbonyl (C=O) groups is 1. The molecule has 0 aromatic heterocycles. The quantitative estimate of drug-likeness (QED) is 0.908. The first-order valence-corrected chi connectivity index (χ1v) is 7.53. The van der Waals surface area contributed by atoms with Gasteiger partial charge in [0.1, 0.15) is 5.82 Å². The van der Waals surface area contributed by atoms with Gasteiger partial charge >= 0.3 is 0 Å². The van der Waals surface area contributed by atoms with Crippen LogP contribution in [-0.4, -0.2) is 35.0 Å². The van der Waals surface area contributed by atoms with E-state index in [9.17, 15) is 9.18 Å². The third kappa shape index (κ3) is 3.82. The van der Waals surface area contributed by atoms with Gasteiger partial charge in [-0.05, 0) is 52.7 Å².